The number of aldehydes is 1. The number of terminal acetylenes is 1. The van der Waals surface area contributed by atoms with Gasteiger partial charge >= 0.3 is 101 Å². The summed E-state index contributed by atoms with van der Waals surface area (Å²) in [7, 11) is 6.50. The summed E-state index contributed by atoms with van der Waals surface area (Å²) in [5, 5.41) is 120. The molecule has 50 heteroatoms. The SMILES string of the molecule is C#C.CO.CO.CO.COC(=O)CC(=O)O.COC(=O)CC(=O)OC(CO)CO.COC(=O)CC(=O)OC1COC(c2ccccc2)OC1.O=C(O)CC(=O)O.O=C(O)CC(=O)O.O=C(O)CC(=O)OC1COC(c2ccccc2)OC1.O=C1CC(=O)O1.O=C1CC(=O)O1.OC1COC(c2ccccc2)OC1.OC1COC(c2ccccc2)OC1.[2H]C(=O)CC(=O)OC(CO)CO. The average Bonchev–Trinajstić information content (AvgIpc) is 0.867. The predicted molar refractivity (Wildman–Crippen MR) is 430 cm³/mol. The zero-order chi connectivity index (χ0) is 101. The Morgan fingerprint density at radius 2 is 0.557 bits per heavy atom. The van der Waals surface area contributed by atoms with Crippen LogP contribution in [0.15, 0.2) is 121 Å². The molecular formula is C81H108O50. The van der Waals surface area contributed by atoms with E-state index in [0.717, 1.165) is 57.8 Å². The van der Waals surface area contributed by atoms with Gasteiger partial charge in [-0.3, -0.25) is 81.5 Å². The molecule has 0 amide bonds. The minimum atomic E-state index is -1.31. The zero-order valence-electron chi connectivity index (χ0n) is 72.3. The molecule has 15 N–H and O–H groups in total. The second-order valence-corrected chi connectivity index (χ2v) is 23.6. The molecule has 10 rings (SSSR count). The third-order valence-electron chi connectivity index (χ3n) is 13.5. The average molecular weight is 1880 g/mol. The van der Waals surface area contributed by atoms with Gasteiger partial charge in [-0.2, -0.15) is 0 Å². The second kappa shape index (κ2) is 81.3. The van der Waals surface area contributed by atoms with Crippen LogP contribution < -0.4 is 0 Å². The van der Waals surface area contributed by atoms with E-state index in [1.807, 2.05) is 121 Å². The fourth-order valence-electron chi connectivity index (χ4n) is 7.97. The molecule has 0 radical (unpaired) electrons. The van der Waals surface area contributed by atoms with Crippen molar-refractivity contribution in [2.45, 2.75) is 120 Å². The van der Waals surface area contributed by atoms with Gasteiger partial charge in [-0.25, -0.2) is 0 Å². The topological polar surface area (TPSA) is 768 Å². The van der Waals surface area contributed by atoms with Crippen LogP contribution in [0.2, 0.25) is 0 Å². The number of benzene rings is 4. The van der Waals surface area contributed by atoms with Crippen molar-refractivity contribution in [2.75, 3.05) is 122 Å². The Kier molecular flexibility index (Phi) is 77.0. The molecule has 6 saturated heterocycles. The number of carbonyl (C=O) groups excluding carboxylic acids is 12. The van der Waals surface area contributed by atoms with Crippen molar-refractivity contribution in [3.63, 3.8) is 0 Å². The first-order valence-corrected chi connectivity index (χ1v) is 37.1. The number of cyclic esters (lactones) is 4. The number of methoxy groups -OCH3 is 3. The summed E-state index contributed by atoms with van der Waals surface area (Å²) < 4.78 is 88.7. The van der Waals surface area contributed by atoms with E-state index < -0.39 is 228 Å². The van der Waals surface area contributed by atoms with Crippen LogP contribution in [0.25, 0.3) is 0 Å². The molecule has 4 aromatic carbocycles. The number of ether oxygens (including phenoxy) is 17. The number of aliphatic hydroxyl groups excluding tert-OH is 9. The number of carboxylic acids is 6. The van der Waals surface area contributed by atoms with Crippen LogP contribution >= 0.6 is 0 Å². The van der Waals surface area contributed by atoms with Crippen LogP contribution in [0.1, 0.15) is 107 Å². The second-order valence-electron chi connectivity index (χ2n) is 23.6. The molecule has 732 valence electrons. The normalized spacial score (nSPS) is 17.5. The minimum Gasteiger partial charge on any atom is -0.481 e. The molecule has 0 bridgehead atoms. The third kappa shape index (κ3) is 70.5. The Labute approximate surface area is 748 Å². The number of carbonyl (C=O) groups is 18. The lowest BCUT2D eigenvalue weighted by atomic mass is 10.2. The molecule has 0 saturated carbocycles. The number of rotatable bonds is 26. The van der Waals surface area contributed by atoms with Gasteiger partial charge in [0.25, 0.3) is 0 Å². The highest BCUT2D eigenvalue weighted by atomic mass is 16.7. The summed E-state index contributed by atoms with van der Waals surface area (Å²) in [6, 6.07) is 38.3. The largest absolute Gasteiger partial charge is 0.481 e. The fraction of sp³-hybridized carbons (Fsp3) is 0.457. The molecule has 0 aliphatic carbocycles. The molecule has 50 nitrogen and oxygen atoms in total. The van der Waals surface area contributed by atoms with Crippen LogP contribution in [0.3, 0.4) is 0 Å². The van der Waals surface area contributed by atoms with E-state index in [1.165, 1.54) is 7.11 Å². The van der Waals surface area contributed by atoms with Crippen molar-refractivity contribution in [2.24, 2.45) is 0 Å². The first kappa shape index (κ1) is 124. The number of esters is 11. The predicted octanol–water partition coefficient (Wildman–Crippen LogP) is -1.85. The Morgan fingerprint density at radius 1 is 0.351 bits per heavy atom. The van der Waals surface area contributed by atoms with Crippen molar-refractivity contribution in [3.8, 4) is 12.8 Å². The van der Waals surface area contributed by atoms with E-state index in [9.17, 15) is 86.3 Å². The highest BCUT2D eigenvalue weighted by Gasteiger charge is 2.30. The lowest BCUT2D eigenvalue weighted by Gasteiger charge is -2.29. The van der Waals surface area contributed by atoms with Crippen LogP contribution in [0.4, 0.5) is 0 Å². The smallest absolute Gasteiger partial charge is 0.324 e. The molecule has 0 atom stereocenters. The monoisotopic (exact) mass is 1880 g/mol. The molecule has 6 fully saturated rings. The van der Waals surface area contributed by atoms with Gasteiger partial charge in [0.15, 0.2) is 25.2 Å². The molecule has 4 aromatic rings. The lowest BCUT2D eigenvalue weighted by molar-refractivity contribution is -0.229. The zero-order valence-corrected chi connectivity index (χ0v) is 71.3. The number of aliphatic hydroxyl groups is 9. The lowest BCUT2D eigenvalue weighted by Crippen LogP contribution is -2.35. The van der Waals surface area contributed by atoms with Gasteiger partial charge in [0.1, 0.15) is 102 Å². The third-order valence-corrected chi connectivity index (χ3v) is 13.5. The molecular weight excluding hydrogens is 1770 g/mol. The summed E-state index contributed by atoms with van der Waals surface area (Å²) >= 11 is 0. The van der Waals surface area contributed by atoms with E-state index in [0.29, 0.717) is 26.4 Å². The van der Waals surface area contributed by atoms with E-state index in [4.69, 9.17) is 125 Å². The molecule has 0 spiro atoms. The molecule has 6 aliphatic rings. The van der Waals surface area contributed by atoms with Gasteiger partial charge in [-0.05, 0) is 0 Å². The van der Waals surface area contributed by atoms with E-state index in [-0.39, 0.29) is 51.8 Å². The van der Waals surface area contributed by atoms with E-state index in [1.54, 1.807) is 0 Å². The van der Waals surface area contributed by atoms with E-state index >= 15 is 0 Å². The molecule has 6 aliphatic heterocycles. The number of carboxylic acid groups (broad SMARTS) is 6. The van der Waals surface area contributed by atoms with E-state index in [2.05, 4.69) is 46.0 Å². The number of hydrogen-bond donors (Lipinski definition) is 15. The minimum absolute atomic E-state index is 0.0278. The quantitative estimate of drug-likeness (QED) is 0.0108. The highest BCUT2D eigenvalue weighted by molar-refractivity contribution is 6.06. The summed E-state index contributed by atoms with van der Waals surface area (Å²) in [6.07, 6.45) is -3.10. The Hall–Kier alpha value is -13.2. The van der Waals surface area contributed by atoms with Crippen molar-refractivity contribution >= 4 is 108 Å². The van der Waals surface area contributed by atoms with Crippen LogP contribution in [0, 0.1) is 12.8 Å². The van der Waals surface area contributed by atoms with Crippen molar-refractivity contribution in [1.82, 2.24) is 0 Å². The number of hydrogen-bond acceptors (Lipinski definition) is 44. The maximum atomic E-state index is 11.4. The highest BCUT2D eigenvalue weighted by Crippen LogP contribution is 2.27. The summed E-state index contributed by atoms with van der Waals surface area (Å²) in [4.78, 5) is 182. The van der Waals surface area contributed by atoms with Crippen molar-refractivity contribution in [3.05, 3.63) is 144 Å². The molecule has 131 heavy (non-hydrogen) atoms. The Balaban J connectivity index is -0.000000453. The summed E-state index contributed by atoms with van der Waals surface area (Å²) in [6.45, 7) is 0.239. The maximum absolute atomic E-state index is 11.4. The van der Waals surface area contributed by atoms with Gasteiger partial charge in [-0.15, -0.1) is 12.8 Å². The maximum Gasteiger partial charge on any atom is 0.324 e. The Bertz CT molecular complexity index is 3780. The van der Waals surface area contributed by atoms with Gasteiger partial charge in [0, 0.05) is 43.6 Å². The fourth-order valence-corrected chi connectivity index (χ4v) is 7.97. The molecule has 6 heterocycles. The first-order chi connectivity index (χ1) is 62.8. The van der Waals surface area contributed by atoms with Crippen molar-refractivity contribution in [1.29, 1.82) is 0 Å². The summed E-state index contributed by atoms with van der Waals surface area (Å²) in [5.41, 5.74) is 3.79. The van der Waals surface area contributed by atoms with Crippen LogP contribution in [-0.2, 0) is 167 Å². The van der Waals surface area contributed by atoms with Crippen molar-refractivity contribution < 1.29 is 245 Å². The van der Waals surface area contributed by atoms with Crippen LogP contribution in [0.5, 0.6) is 0 Å². The summed E-state index contributed by atoms with van der Waals surface area (Å²) in [5.74, 6) is -14.6. The van der Waals surface area contributed by atoms with Gasteiger partial charge in [0.05, 0.1) is 101 Å². The standard InChI is InChI=1S/C14H16O6.C13H14O6.2C10H12O3.C7H12O6.C6H10O5.C4H6O4.2C3H4O4.2C3H2O3.C2H2.3CH4O/c1-17-12(15)7-13(16)20-11-8-18-14(19-9-11)10-5-3-2-4-6-10;14-11(15)6-12(16)19-10-7-17-13(18-8-10)9-4-2-1-3-5-9;2*11-9-6-12-10(13-7-9)8-4-2-1-3-5-8;1-12-6(10)2-7(11)13-5(3-8)4-9;7-2-1-6(10)11-5(3-8)4-9;1-8-4(7)2-3(5)6;2*4-2(5)1-3(6)7;2*4-2-1-3(5)6-2;4*1-2/h2-6,11,14H,7-9H2,1H3;1-5,10,13H,6-8H2,(H,14,15);2*1-5,9-11H,6-7H2;5,8-9H,2-4H2,1H3;2,5,8-9H,1,3-4H2;2H2,1H3,(H,5,6);2*1H2,(H,4,5)(H,6,7);2*1H2;1-2H;3*2H,1H3/i;;;;;2D;;;;;;;;;. The van der Waals surface area contributed by atoms with Gasteiger partial charge in [-0.1, -0.05) is 121 Å². The Morgan fingerprint density at radius 3 is 0.748 bits per heavy atom. The molecule has 0 unspecified atom stereocenters. The van der Waals surface area contributed by atoms with Gasteiger partial charge in [0.2, 0.25) is 0 Å². The molecule has 0 aromatic heterocycles. The number of aliphatic carboxylic acids is 6. The van der Waals surface area contributed by atoms with Gasteiger partial charge < -0.3 is 162 Å². The first-order valence-electron chi connectivity index (χ1n) is 37.6. The van der Waals surface area contributed by atoms with Crippen LogP contribution in [-0.4, -0.2) is 343 Å².